The highest BCUT2D eigenvalue weighted by Gasteiger charge is 2.10. The Kier molecular flexibility index (Phi) is 6.44. The maximum atomic E-state index is 11.7. The highest BCUT2D eigenvalue weighted by atomic mass is 16.5. The second-order valence-electron chi connectivity index (χ2n) is 6.25. The van der Waals surface area contributed by atoms with Crippen LogP contribution in [0.1, 0.15) is 25.0 Å². The lowest BCUT2D eigenvalue weighted by atomic mass is 10.0. The minimum Gasteiger partial charge on any atom is -0.457 e. The molecule has 0 bridgehead atoms. The first-order valence-corrected chi connectivity index (χ1v) is 8.27. The minimum atomic E-state index is -0.455. The Morgan fingerprint density at radius 3 is 1.36 bits per heavy atom. The number of carbonyl (C=O) groups excluding carboxylic acids is 2. The van der Waals surface area contributed by atoms with Crippen molar-refractivity contribution >= 4 is 11.6 Å². The van der Waals surface area contributed by atoms with Gasteiger partial charge in [-0.05, 0) is 49.2 Å². The van der Waals surface area contributed by atoms with Gasteiger partial charge in [0, 0.05) is 12.8 Å². The number of ketones is 2. The van der Waals surface area contributed by atoms with Gasteiger partial charge in [0.05, 0.1) is 12.1 Å². The van der Waals surface area contributed by atoms with Gasteiger partial charge in [0.1, 0.15) is 11.5 Å². The van der Waals surface area contributed by atoms with Gasteiger partial charge in [0.25, 0.3) is 0 Å². The lowest BCUT2D eigenvalue weighted by Gasteiger charge is -2.09. The first-order valence-electron chi connectivity index (χ1n) is 8.27. The molecule has 2 atom stereocenters. The number of carbonyl (C=O) groups is 2. The Morgan fingerprint density at radius 2 is 1.08 bits per heavy atom. The summed E-state index contributed by atoms with van der Waals surface area (Å²) in [5.74, 6) is 1.36. The minimum absolute atomic E-state index is 0.00519. The fourth-order valence-corrected chi connectivity index (χ4v) is 2.21. The number of rotatable bonds is 8. The lowest BCUT2D eigenvalue weighted by Crippen LogP contribution is -2.28. The first kappa shape index (κ1) is 18.8. The van der Waals surface area contributed by atoms with Crippen LogP contribution in [0.2, 0.25) is 0 Å². The average molecular weight is 340 g/mol. The molecule has 0 aliphatic carbocycles. The normalized spacial score (nSPS) is 13.1. The zero-order valence-corrected chi connectivity index (χ0v) is 14.6. The molecule has 132 valence electrons. The highest BCUT2D eigenvalue weighted by molar-refractivity contribution is 5.85. The van der Waals surface area contributed by atoms with E-state index in [1.165, 1.54) is 0 Å². The van der Waals surface area contributed by atoms with E-state index in [-0.39, 0.29) is 11.6 Å². The molecule has 0 aromatic heterocycles. The largest absolute Gasteiger partial charge is 0.457 e. The predicted octanol–water partition coefficient (Wildman–Crippen LogP) is 2.40. The van der Waals surface area contributed by atoms with E-state index >= 15 is 0 Å². The molecule has 0 amide bonds. The molecule has 0 radical (unpaired) electrons. The molecular formula is C20H24N2O3. The molecule has 5 heteroatoms. The van der Waals surface area contributed by atoms with Gasteiger partial charge >= 0.3 is 0 Å². The van der Waals surface area contributed by atoms with E-state index in [0.717, 1.165) is 11.1 Å². The van der Waals surface area contributed by atoms with E-state index in [1.54, 1.807) is 13.8 Å². The number of nitrogens with two attached hydrogens (primary N) is 2. The van der Waals surface area contributed by atoms with Crippen molar-refractivity contribution in [1.82, 2.24) is 0 Å². The van der Waals surface area contributed by atoms with Crippen LogP contribution in [-0.4, -0.2) is 23.7 Å². The van der Waals surface area contributed by atoms with E-state index in [2.05, 4.69) is 0 Å². The maximum Gasteiger partial charge on any atom is 0.153 e. The first-order chi connectivity index (χ1) is 11.8. The SMILES string of the molecule is CC(N)C(=O)Cc1ccc(Oc2ccc(CC(=O)C(C)N)cc2)cc1. The van der Waals surface area contributed by atoms with Crippen LogP contribution in [0.5, 0.6) is 11.5 Å². The van der Waals surface area contributed by atoms with Crippen molar-refractivity contribution in [3.63, 3.8) is 0 Å². The summed E-state index contributed by atoms with van der Waals surface area (Å²) < 4.78 is 5.77. The standard InChI is InChI=1S/C20H24N2O3/c1-13(21)19(23)11-15-3-7-17(8-4-15)25-18-9-5-16(6-10-18)12-20(24)14(2)22/h3-10,13-14H,11-12,21-22H2,1-2H3. The summed E-state index contributed by atoms with van der Waals surface area (Å²) in [6.07, 6.45) is 0.639. The van der Waals surface area contributed by atoms with Crippen molar-refractivity contribution in [2.24, 2.45) is 11.5 Å². The van der Waals surface area contributed by atoms with Gasteiger partial charge in [0.15, 0.2) is 11.6 Å². The second kappa shape index (κ2) is 8.55. The lowest BCUT2D eigenvalue weighted by molar-refractivity contribution is -0.120. The molecule has 5 nitrogen and oxygen atoms in total. The zero-order valence-electron chi connectivity index (χ0n) is 14.6. The summed E-state index contributed by atoms with van der Waals surface area (Å²) >= 11 is 0. The highest BCUT2D eigenvalue weighted by Crippen LogP contribution is 2.22. The van der Waals surface area contributed by atoms with E-state index < -0.39 is 12.1 Å². The Labute approximate surface area is 148 Å². The van der Waals surface area contributed by atoms with Crippen molar-refractivity contribution in [2.45, 2.75) is 38.8 Å². The van der Waals surface area contributed by atoms with Gasteiger partial charge < -0.3 is 16.2 Å². The summed E-state index contributed by atoms with van der Waals surface area (Å²) in [6, 6.07) is 13.8. The second-order valence-corrected chi connectivity index (χ2v) is 6.25. The van der Waals surface area contributed by atoms with Crippen LogP contribution >= 0.6 is 0 Å². The summed E-state index contributed by atoms with van der Waals surface area (Å²) in [5, 5.41) is 0. The Hall–Kier alpha value is -2.50. The van der Waals surface area contributed by atoms with Gasteiger partial charge in [-0.15, -0.1) is 0 Å². The van der Waals surface area contributed by atoms with Crippen LogP contribution in [-0.2, 0) is 22.4 Å². The van der Waals surface area contributed by atoms with Gasteiger partial charge in [-0.1, -0.05) is 24.3 Å². The molecule has 2 rings (SSSR count). The van der Waals surface area contributed by atoms with Gasteiger partial charge in [0.2, 0.25) is 0 Å². The van der Waals surface area contributed by atoms with Crippen molar-refractivity contribution in [2.75, 3.05) is 0 Å². The molecule has 0 spiro atoms. The van der Waals surface area contributed by atoms with Crippen LogP contribution in [0.3, 0.4) is 0 Å². The monoisotopic (exact) mass is 340 g/mol. The fraction of sp³-hybridized carbons (Fsp3) is 0.300. The van der Waals surface area contributed by atoms with E-state index in [9.17, 15) is 9.59 Å². The molecule has 2 aromatic carbocycles. The smallest absolute Gasteiger partial charge is 0.153 e. The van der Waals surface area contributed by atoms with Gasteiger partial charge in [-0.25, -0.2) is 0 Å². The van der Waals surface area contributed by atoms with Crippen LogP contribution in [0.4, 0.5) is 0 Å². The molecule has 0 saturated carbocycles. The average Bonchev–Trinajstić information content (AvgIpc) is 2.58. The summed E-state index contributed by atoms with van der Waals surface area (Å²) in [4.78, 5) is 23.3. The third-order valence-corrected chi connectivity index (χ3v) is 3.85. The quantitative estimate of drug-likeness (QED) is 0.769. The number of hydrogen-bond acceptors (Lipinski definition) is 5. The molecule has 0 heterocycles. The van der Waals surface area contributed by atoms with E-state index in [1.807, 2.05) is 48.5 Å². The summed E-state index contributed by atoms with van der Waals surface area (Å²) in [7, 11) is 0. The predicted molar refractivity (Wildman–Crippen MR) is 97.7 cm³/mol. The number of ether oxygens (including phenoxy) is 1. The molecule has 0 saturated heterocycles. The summed E-state index contributed by atoms with van der Waals surface area (Å²) in [6.45, 7) is 3.37. The van der Waals surface area contributed by atoms with Crippen molar-refractivity contribution < 1.29 is 14.3 Å². The fourth-order valence-electron chi connectivity index (χ4n) is 2.21. The van der Waals surface area contributed by atoms with Crippen LogP contribution < -0.4 is 16.2 Å². The number of hydrogen-bond donors (Lipinski definition) is 2. The third kappa shape index (κ3) is 5.81. The zero-order chi connectivity index (χ0) is 18.4. The summed E-state index contributed by atoms with van der Waals surface area (Å²) in [5.41, 5.74) is 12.9. The van der Waals surface area contributed by atoms with E-state index in [4.69, 9.17) is 16.2 Å². The third-order valence-electron chi connectivity index (χ3n) is 3.85. The molecule has 25 heavy (non-hydrogen) atoms. The van der Waals surface area contributed by atoms with Crippen LogP contribution in [0, 0.1) is 0 Å². The number of Topliss-reactive ketones (excluding diaryl/α,β-unsaturated/α-hetero) is 2. The van der Waals surface area contributed by atoms with Crippen LogP contribution in [0.25, 0.3) is 0 Å². The Balaban J connectivity index is 1.95. The Morgan fingerprint density at radius 1 is 0.760 bits per heavy atom. The molecular weight excluding hydrogens is 316 g/mol. The Bertz CT molecular complexity index is 656. The molecule has 2 aromatic rings. The van der Waals surface area contributed by atoms with Crippen molar-refractivity contribution in [3.8, 4) is 11.5 Å². The molecule has 0 aliphatic heterocycles. The topological polar surface area (TPSA) is 95.4 Å². The van der Waals surface area contributed by atoms with Gasteiger partial charge in [-0.3, -0.25) is 9.59 Å². The molecule has 0 aliphatic rings. The molecule has 2 unspecified atom stereocenters. The van der Waals surface area contributed by atoms with Crippen LogP contribution in [0.15, 0.2) is 48.5 Å². The molecule has 0 fully saturated rings. The van der Waals surface area contributed by atoms with Gasteiger partial charge in [-0.2, -0.15) is 0 Å². The van der Waals surface area contributed by atoms with Crippen molar-refractivity contribution in [1.29, 1.82) is 0 Å². The molecule has 4 N–H and O–H groups in total. The van der Waals surface area contributed by atoms with E-state index in [0.29, 0.717) is 24.3 Å². The number of benzene rings is 2. The van der Waals surface area contributed by atoms with Crippen molar-refractivity contribution in [3.05, 3.63) is 59.7 Å². The maximum absolute atomic E-state index is 11.7.